The predicted octanol–water partition coefficient (Wildman–Crippen LogP) is 1.94. The Bertz CT molecular complexity index is 591. The van der Waals surface area contributed by atoms with Gasteiger partial charge in [0, 0.05) is 13.6 Å². The van der Waals surface area contributed by atoms with Gasteiger partial charge in [0.05, 0.1) is 25.7 Å². The molecule has 2 rings (SSSR count). The molecular weight excluding hydrogens is 306 g/mol. The number of nitrogens with one attached hydrogen (secondary N) is 1. The fourth-order valence-electron chi connectivity index (χ4n) is 2.74. The Balaban J connectivity index is 1.99. The van der Waals surface area contributed by atoms with Crippen LogP contribution in [0, 0.1) is 6.92 Å². The molecule has 1 aliphatic heterocycles. The normalized spacial score (nSPS) is 20.6. The van der Waals surface area contributed by atoms with Gasteiger partial charge in [-0.25, -0.2) is 4.79 Å². The molecule has 1 saturated heterocycles. The van der Waals surface area contributed by atoms with Gasteiger partial charge in [-0.2, -0.15) is 0 Å². The fraction of sp³-hybridized carbons (Fsp3) is 0.556. The average molecular weight is 333 g/mol. The monoisotopic (exact) mass is 333 g/mol. The van der Waals surface area contributed by atoms with Crippen molar-refractivity contribution >= 4 is 11.9 Å². The zero-order valence-electron chi connectivity index (χ0n) is 14.9. The molecule has 0 spiro atoms. The van der Waals surface area contributed by atoms with E-state index in [-0.39, 0.29) is 30.6 Å². The number of carbonyl (C=O) groups excluding carboxylic acids is 2. The number of ether oxygens (including phenoxy) is 1. The van der Waals surface area contributed by atoms with E-state index >= 15 is 0 Å². The van der Waals surface area contributed by atoms with Crippen LogP contribution >= 0.6 is 0 Å². The van der Waals surface area contributed by atoms with Crippen LogP contribution in [0.1, 0.15) is 31.1 Å². The lowest BCUT2D eigenvalue weighted by atomic mass is 10.0. The molecule has 1 aliphatic rings. The minimum Gasteiger partial charge on any atom is -0.370 e. The Kier molecular flexibility index (Phi) is 6.20. The number of amides is 3. The van der Waals surface area contributed by atoms with Gasteiger partial charge in [-0.15, -0.1) is 0 Å². The third-order valence-corrected chi connectivity index (χ3v) is 4.52. The van der Waals surface area contributed by atoms with Crippen LogP contribution in [-0.4, -0.2) is 61.1 Å². The van der Waals surface area contributed by atoms with Crippen molar-refractivity contribution in [2.45, 2.75) is 32.9 Å². The molecular formula is C18H27N3O3. The summed E-state index contributed by atoms with van der Waals surface area (Å²) in [6.45, 7) is 7.50. The Morgan fingerprint density at radius 2 is 2.08 bits per heavy atom. The van der Waals surface area contributed by atoms with Gasteiger partial charge in [0.2, 0.25) is 5.91 Å². The Hall–Kier alpha value is -2.08. The number of aryl methyl sites for hydroxylation is 1. The highest BCUT2D eigenvalue weighted by Crippen LogP contribution is 2.27. The van der Waals surface area contributed by atoms with Crippen molar-refractivity contribution in [3.8, 4) is 0 Å². The largest absolute Gasteiger partial charge is 0.370 e. The van der Waals surface area contributed by atoms with Gasteiger partial charge in [-0.3, -0.25) is 4.79 Å². The van der Waals surface area contributed by atoms with Crippen LogP contribution in [-0.2, 0) is 9.53 Å². The Morgan fingerprint density at radius 3 is 2.75 bits per heavy atom. The average Bonchev–Trinajstić information content (AvgIpc) is 2.59. The summed E-state index contributed by atoms with van der Waals surface area (Å²) in [5.74, 6) is -0.0952. The number of likely N-dealkylation sites (N-methyl/N-ethyl adjacent to an activating group) is 1. The molecule has 24 heavy (non-hydrogen) atoms. The molecule has 0 aliphatic carbocycles. The molecule has 1 N–H and O–H groups in total. The Labute approximate surface area is 143 Å². The van der Waals surface area contributed by atoms with Crippen molar-refractivity contribution in [1.82, 2.24) is 15.1 Å². The topological polar surface area (TPSA) is 61.9 Å². The molecule has 1 fully saturated rings. The van der Waals surface area contributed by atoms with E-state index in [9.17, 15) is 9.59 Å². The molecule has 0 aromatic heterocycles. The van der Waals surface area contributed by atoms with E-state index in [1.54, 1.807) is 16.8 Å². The molecule has 0 bridgehead atoms. The number of morpholine rings is 1. The number of carbonyl (C=O) groups is 2. The lowest BCUT2D eigenvalue weighted by Gasteiger charge is -2.38. The third-order valence-electron chi connectivity index (χ3n) is 4.52. The maximum absolute atomic E-state index is 12.5. The van der Waals surface area contributed by atoms with Crippen LogP contribution in [0.3, 0.4) is 0 Å². The summed E-state index contributed by atoms with van der Waals surface area (Å²) in [5, 5.41) is 2.72. The third kappa shape index (κ3) is 4.26. The maximum Gasteiger partial charge on any atom is 0.318 e. The van der Waals surface area contributed by atoms with Crippen LogP contribution in [0.2, 0.25) is 0 Å². The van der Waals surface area contributed by atoms with Gasteiger partial charge in [-0.1, -0.05) is 24.3 Å². The van der Waals surface area contributed by atoms with E-state index in [1.807, 2.05) is 45.0 Å². The first-order valence-corrected chi connectivity index (χ1v) is 8.39. The number of hydrogen-bond donors (Lipinski definition) is 1. The van der Waals surface area contributed by atoms with Crippen molar-refractivity contribution in [3.63, 3.8) is 0 Å². The number of rotatable bonds is 4. The fourth-order valence-corrected chi connectivity index (χ4v) is 2.74. The highest BCUT2D eigenvalue weighted by molar-refractivity contribution is 5.84. The maximum atomic E-state index is 12.5. The number of nitrogens with zero attached hydrogens (tertiary/aromatic N) is 2. The van der Waals surface area contributed by atoms with Gasteiger partial charge in [0.25, 0.3) is 0 Å². The number of benzene rings is 1. The predicted molar refractivity (Wildman–Crippen MR) is 92.7 cm³/mol. The molecule has 6 heteroatoms. The summed E-state index contributed by atoms with van der Waals surface area (Å²) in [5.41, 5.74) is 2.25. The Morgan fingerprint density at radius 1 is 1.38 bits per heavy atom. The zero-order valence-corrected chi connectivity index (χ0v) is 14.9. The standard InChI is InChI=1S/C18H27N3O3/c1-5-20(4)17(22)10-19-18(23)21-11-16(24-12-14(21)3)15-9-7-6-8-13(15)2/h6-9,14,16H,5,10-12H2,1-4H3,(H,19,23)/t14-,16-/m1/s1. The highest BCUT2D eigenvalue weighted by Gasteiger charge is 2.31. The van der Waals surface area contributed by atoms with E-state index in [2.05, 4.69) is 5.32 Å². The first-order chi connectivity index (χ1) is 11.4. The molecule has 1 aromatic rings. The van der Waals surface area contributed by atoms with Gasteiger partial charge in [0.15, 0.2) is 0 Å². The molecule has 1 aromatic carbocycles. The van der Waals surface area contributed by atoms with Gasteiger partial charge < -0.3 is 19.9 Å². The SMILES string of the molecule is CCN(C)C(=O)CNC(=O)N1C[C@H](c2ccccc2C)OC[C@H]1C. The number of urea groups is 1. The first-order valence-electron chi connectivity index (χ1n) is 8.39. The van der Waals surface area contributed by atoms with Gasteiger partial charge >= 0.3 is 6.03 Å². The van der Waals surface area contributed by atoms with Crippen molar-refractivity contribution in [3.05, 3.63) is 35.4 Å². The smallest absolute Gasteiger partial charge is 0.318 e. The van der Waals surface area contributed by atoms with Crippen molar-refractivity contribution in [2.75, 3.05) is 33.3 Å². The molecule has 0 saturated carbocycles. The lowest BCUT2D eigenvalue weighted by molar-refractivity contribution is -0.128. The van der Waals surface area contributed by atoms with Crippen LogP contribution in [0.25, 0.3) is 0 Å². The van der Waals surface area contributed by atoms with Crippen molar-refractivity contribution in [1.29, 1.82) is 0 Å². The van der Waals surface area contributed by atoms with Crippen LogP contribution < -0.4 is 5.32 Å². The van der Waals surface area contributed by atoms with Crippen molar-refractivity contribution < 1.29 is 14.3 Å². The zero-order chi connectivity index (χ0) is 17.7. The molecule has 0 unspecified atom stereocenters. The van der Waals surface area contributed by atoms with E-state index < -0.39 is 0 Å². The van der Waals surface area contributed by atoms with E-state index in [4.69, 9.17) is 4.74 Å². The van der Waals surface area contributed by atoms with Crippen LogP contribution in [0.5, 0.6) is 0 Å². The second-order valence-electron chi connectivity index (χ2n) is 6.25. The molecule has 0 radical (unpaired) electrons. The number of hydrogen-bond acceptors (Lipinski definition) is 3. The minimum atomic E-state index is -0.220. The minimum absolute atomic E-state index is 0.0162. The molecule has 6 nitrogen and oxygen atoms in total. The van der Waals surface area contributed by atoms with Gasteiger partial charge in [-0.05, 0) is 31.9 Å². The van der Waals surface area contributed by atoms with Crippen LogP contribution in [0.4, 0.5) is 4.79 Å². The van der Waals surface area contributed by atoms with E-state index in [1.165, 1.54) is 0 Å². The van der Waals surface area contributed by atoms with Gasteiger partial charge in [0.1, 0.15) is 6.10 Å². The molecule has 132 valence electrons. The summed E-state index contributed by atoms with van der Waals surface area (Å²) in [7, 11) is 1.72. The quantitative estimate of drug-likeness (QED) is 0.916. The van der Waals surface area contributed by atoms with E-state index in [0.29, 0.717) is 19.7 Å². The summed E-state index contributed by atoms with van der Waals surface area (Å²) < 4.78 is 5.92. The van der Waals surface area contributed by atoms with E-state index in [0.717, 1.165) is 11.1 Å². The molecule has 3 amide bonds. The second-order valence-corrected chi connectivity index (χ2v) is 6.25. The summed E-state index contributed by atoms with van der Waals surface area (Å²) in [4.78, 5) is 27.6. The van der Waals surface area contributed by atoms with Crippen LogP contribution in [0.15, 0.2) is 24.3 Å². The molecule has 2 atom stereocenters. The summed E-state index contributed by atoms with van der Waals surface area (Å²) >= 11 is 0. The van der Waals surface area contributed by atoms with Crippen molar-refractivity contribution in [2.24, 2.45) is 0 Å². The second kappa shape index (κ2) is 8.15. The lowest BCUT2D eigenvalue weighted by Crippen LogP contribution is -2.53. The highest BCUT2D eigenvalue weighted by atomic mass is 16.5. The summed E-state index contributed by atoms with van der Waals surface area (Å²) in [6, 6.07) is 7.80. The summed E-state index contributed by atoms with van der Waals surface area (Å²) in [6.07, 6.45) is -0.137. The first kappa shape index (κ1) is 18.3. The molecule has 1 heterocycles.